The predicted molar refractivity (Wildman–Crippen MR) is 115 cm³/mol. The van der Waals surface area contributed by atoms with E-state index in [4.69, 9.17) is 43.6 Å². The number of ether oxygens (including phenoxy) is 8. The summed E-state index contributed by atoms with van der Waals surface area (Å²) >= 11 is 0. The lowest BCUT2D eigenvalue weighted by Gasteiger charge is -2.49. The molecule has 4 rings (SSSR count). The number of aliphatic hydroxyl groups excluding tert-OH is 2. The number of methoxy groups -OCH3 is 1. The van der Waals surface area contributed by atoms with Gasteiger partial charge in [0.25, 0.3) is 5.79 Å². The highest BCUT2D eigenvalue weighted by Crippen LogP contribution is 2.42. The van der Waals surface area contributed by atoms with Gasteiger partial charge in [-0.15, -0.1) is 0 Å². The fraction of sp³-hybridized carbons (Fsp3) is 0.955. The fourth-order valence-electron chi connectivity index (χ4n) is 5.12. The zero-order valence-corrected chi connectivity index (χ0v) is 20.8. The van der Waals surface area contributed by atoms with Gasteiger partial charge in [-0.3, -0.25) is 0 Å². The number of aliphatic hydroxyl groups is 2. The second-order valence-corrected chi connectivity index (χ2v) is 10.4. The van der Waals surface area contributed by atoms with Gasteiger partial charge in [-0.1, -0.05) is 0 Å². The number of carboxylic acid groups (broad SMARTS) is 1. The minimum atomic E-state index is -2.36. The van der Waals surface area contributed by atoms with Crippen molar-refractivity contribution in [1.82, 2.24) is 0 Å². The van der Waals surface area contributed by atoms with Crippen LogP contribution in [0.25, 0.3) is 0 Å². The van der Waals surface area contributed by atoms with Crippen LogP contribution in [0.3, 0.4) is 0 Å². The molecule has 0 saturated carbocycles. The van der Waals surface area contributed by atoms with Crippen molar-refractivity contribution in [3.8, 4) is 0 Å². The van der Waals surface area contributed by atoms with Crippen molar-refractivity contribution in [2.45, 2.75) is 120 Å². The van der Waals surface area contributed by atoms with Crippen molar-refractivity contribution in [2.24, 2.45) is 5.73 Å². The first kappa shape index (κ1) is 27.1. The van der Waals surface area contributed by atoms with Crippen LogP contribution in [0.15, 0.2) is 0 Å². The molecule has 13 heteroatoms. The molecule has 0 spiro atoms. The van der Waals surface area contributed by atoms with E-state index in [1.807, 2.05) is 0 Å². The Morgan fingerprint density at radius 3 is 2.31 bits per heavy atom. The van der Waals surface area contributed by atoms with E-state index in [-0.39, 0.29) is 6.61 Å². The molecule has 4 fully saturated rings. The summed E-state index contributed by atoms with van der Waals surface area (Å²) in [5, 5.41) is 32.0. The average molecular weight is 508 g/mol. The molecule has 11 atom stereocenters. The molecule has 0 amide bonds. The topological polar surface area (TPSA) is 178 Å². The zero-order valence-electron chi connectivity index (χ0n) is 20.8. The van der Waals surface area contributed by atoms with Crippen LogP contribution < -0.4 is 5.73 Å². The standard InChI is InChI=1S/C22H37NO12/c1-9-14(16-17(18(28-6)30-9)33-21(4,5)32-16)34-22(19(26)27)7-10(24)12(23)15(35-22)13(25)11-8-29-20(2,3)31-11/h9-18,24-25H,7-8,23H2,1-6H3,(H,26,27)/t9-,10-,11+,12+,13+,14-,15+,16+,17+,18+,22-/m0/s1. The first-order chi connectivity index (χ1) is 16.2. The molecule has 4 aliphatic heterocycles. The molecule has 13 nitrogen and oxygen atoms in total. The van der Waals surface area contributed by atoms with Gasteiger partial charge in [-0.2, -0.15) is 0 Å². The Hall–Kier alpha value is -0.970. The maximum absolute atomic E-state index is 12.6. The Morgan fingerprint density at radius 1 is 1.09 bits per heavy atom. The van der Waals surface area contributed by atoms with Crippen molar-refractivity contribution in [2.75, 3.05) is 13.7 Å². The van der Waals surface area contributed by atoms with Crippen molar-refractivity contribution in [3.05, 3.63) is 0 Å². The third-order valence-corrected chi connectivity index (χ3v) is 6.83. The van der Waals surface area contributed by atoms with Crippen LogP contribution in [0.1, 0.15) is 41.0 Å². The number of hydrogen-bond acceptors (Lipinski definition) is 12. The van der Waals surface area contributed by atoms with E-state index in [2.05, 4.69) is 0 Å². The molecular weight excluding hydrogens is 470 g/mol. The van der Waals surface area contributed by atoms with Gasteiger partial charge in [-0.05, 0) is 34.6 Å². The number of carbonyl (C=O) groups is 1. The van der Waals surface area contributed by atoms with Crippen LogP contribution in [0.2, 0.25) is 0 Å². The van der Waals surface area contributed by atoms with Crippen molar-refractivity contribution < 1.29 is 58.0 Å². The summed E-state index contributed by atoms with van der Waals surface area (Å²) in [4.78, 5) is 12.6. The van der Waals surface area contributed by atoms with Gasteiger partial charge < -0.3 is 58.9 Å². The van der Waals surface area contributed by atoms with Gasteiger partial charge >= 0.3 is 5.97 Å². The summed E-state index contributed by atoms with van der Waals surface area (Å²) in [6.07, 6.45) is -9.34. The van der Waals surface area contributed by atoms with Crippen LogP contribution in [0, 0.1) is 0 Å². The van der Waals surface area contributed by atoms with Gasteiger partial charge in [0.15, 0.2) is 17.9 Å². The molecule has 0 bridgehead atoms. The lowest BCUT2D eigenvalue weighted by atomic mass is 9.89. The highest BCUT2D eigenvalue weighted by atomic mass is 16.8. The van der Waals surface area contributed by atoms with E-state index >= 15 is 0 Å². The van der Waals surface area contributed by atoms with Crippen molar-refractivity contribution in [3.63, 3.8) is 0 Å². The van der Waals surface area contributed by atoms with Crippen LogP contribution in [0.4, 0.5) is 0 Å². The maximum atomic E-state index is 12.6. The molecule has 0 unspecified atom stereocenters. The predicted octanol–water partition coefficient (Wildman–Crippen LogP) is -0.947. The molecule has 0 radical (unpaired) electrons. The van der Waals surface area contributed by atoms with E-state index in [0.717, 1.165) is 0 Å². The summed E-state index contributed by atoms with van der Waals surface area (Å²) in [5.41, 5.74) is 6.13. The van der Waals surface area contributed by atoms with Gasteiger partial charge in [0.1, 0.15) is 36.6 Å². The Balaban J connectivity index is 1.60. The minimum absolute atomic E-state index is 0.0354. The summed E-state index contributed by atoms with van der Waals surface area (Å²) in [6.45, 7) is 8.50. The number of hydrogen-bond donors (Lipinski definition) is 4. The Kier molecular flexibility index (Phi) is 7.27. The largest absolute Gasteiger partial charge is 0.477 e. The average Bonchev–Trinajstić information content (AvgIpc) is 3.29. The molecule has 4 aliphatic rings. The van der Waals surface area contributed by atoms with E-state index in [1.165, 1.54) is 7.11 Å². The number of nitrogens with two attached hydrogens (primary N) is 1. The van der Waals surface area contributed by atoms with Crippen LogP contribution in [-0.2, 0) is 42.7 Å². The van der Waals surface area contributed by atoms with Gasteiger partial charge in [0.05, 0.1) is 24.9 Å². The molecular formula is C22H37NO12. The SMILES string of the molecule is CO[C@@H]1O[C@@H](C)[C@H](O[C@@]2(C(=O)O)C[C@H](O)[C@@H](N)[C@H]([C@H](O)[C@H]3COC(C)(C)O3)O2)[C@H]2OC(C)(C)O[C@@H]12. The highest BCUT2D eigenvalue weighted by Gasteiger charge is 2.61. The first-order valence-corrected chi connectivity index (χ1v) is 11.7. The summed E-state index contributed by atoms with van der Waals surface area (Å²) < 4.78 is 46.4. The number of aliphatic carboxylic acids is 1. The second-order valence-electron chi connectivity index (χ2n) is 10.4. The molecule has 0 aliphatic carbocycles. The lowest BCUT2D eigenvalue weighted by molar-refractivity contribution is -0.354. The normalized spacial score (nSPS) is 47.9. The Bertz CT molecular complexity index is 794. The number of carboxylic acids is 1. The minimum Gasteiger partial charge on any atom is -0.477 e. The van der Waals surface area contributed by atoms with Gasteiger partial charge in [-0.25, -0.2) is 4.79 Å². The van der Waals surface area contributed by atoms with Crippen LogP contribution in [0.5, 0.6) is 0 Å². The smallest absolute Gasteiger partial charge is 0.364 e. The molecule has 4 heterocycles. The highest BCUT2D eigenvalue weighted by molar-refractivity contribution is 5.76. The number of rotatable bonds is 6. The summed E-state index contributed by atoms with van der Waals surface area (Å²) in [5.74, 6) is -5.81. The van der Waals surface area contributed by atoms with Crippen molar-refractivity contribution in [1.29, 1.82) is 0 Å². The number of fused-ring (bicyclic) bond motifs is 1. The molecule has 0 aromatic carbocycles. The van der Waals surface area contributed by atoms with E-state index in [9.17, 15) is 20.1 Å². The maximum Gasteiger partial charge on any atom is 0.364 e. The molecule has 202 valence electrons. The van der Waals surface area contributed by atoms with Gasteiger partial charge in [0, 0.05) is 13.5 Å². The van der Waals surface area contributed by atoms with E-state index in [0.29, 0.717) is 0 Å². The van der Waals surface area contributed by atoms with Crippen LogP contribution >= 0.6 is 0 Å². The Labute approximate surface area is 203 Å². The van der Waals surface area contributed by atoms with Crippen molar-refractivity contribution >= 4 is 5.97 Å². The third kappa shape index (κ3) is 5.09. The fourth-order valence-corrected chi connectivity index (χ4v) is 5.12. The second kappa shape index (κ2) is 9.40. The monoisotopic (exact) mass is 507 g/mol. The van der Waals surface area contributed by atoms with Crippen LogP contribution in [-0.4, -0.2) is 114 Å². The first-order valence-electron chi connectivity index (χ1n) is 11.7. The van der Waals surface area contributed by atoms with Gasteiger partial charge in [0.2, 0.25) is 0 Å². The zero-order chi connectivity index (χ0) is 25.9. The molecule has 4 saturated heterocycles. The molecule has 0 aromatic heterocycles. The summed E-state index contributed by atoms with van der Waals surface area (Å²) in [6, 6.07) is -1.11. The third-order valence-electron chi connectivity index (χ3n) is 6.83. The summed E-state index contributed by atoms with van der Waals surface area (Å²) in [7, 11) is 1.47. The molecule has 0 aromatic rings. The quantitative estimate of drug-likeness (QED) is 0.346. The van der Waals surface area contributed by atoms with E-state index in [1.54, 1.807) is 34.6 Å². The molecule has 35 heavy (non-hydrogen) atoms. The Morgan fingerprint density at radius 2 is 1.74 bits per heavy atom. The molecule has 5 N–H and O–H groups in total. The van der Waals surface area contributed by atoms with E-state index < -0.39 is 90.9 Å². The lowest BCUT2D eigenvalue weighted by Crippen LogP contribution is -2.68.